The van der Waals surface area contributed by atoms with Gasteiger partial charge in [-0.2, -0.15) is 18.2 Å². The zero-order chi connectivity index (χ0) is 17.7. The number of fused-ring (bicyclic) bond motifs is 1. The summed E-state index contributed by atoms with van der Waals surface area (Å²) in [6.45, 7) is 3.26. The first kappa shape index (κ1) is 17.2. The molecule has 0 spiro atoms. The maximum Gasteiger partial charge on any atom is 0.409 e. The largest absolute Gasteiger partial charge is 0.409 e. The Bertz CT molecular complexity index is 799. The molecule has 7 heteroatoms. The summed E-state index contributed by atoms with van der Waals surface area (Å²) in [5, 5.41) is 2.24. The van der Waals surface area contributed by atoms with E-state index in [1.807, 2.05) is 0 Å². The van der Waals surface area contributed by atoms with Crippen LogP contribution in [0.1, 0.15) is 31.9 Å². The van der Waals surface area contributed by atoms with Gasteiger partial charge in [0.1, 0.15) is 0 Å². The number of hydrogen-bond donors (Lipinski definition) is 1. The van der Waals surface area contributed by atoms with Crippen LogP contribution in [0.2, 0.25) is 0 Å². The van der Waals surface area contributed by atoms with Crippen molar-refractivity contribution in [1.82, 2.24) is 10.4 Å². The number of carbonyl (C=O) groups excluding carboxylic acids is 1. The molecule has 1 fully saturated rings. The van der Waals surface area contributed by atoms with E-state index < -0.39 is 23.7 Å². The standard InChI is InChI=1S/C17H16BrF3N2O/c1-16(2)9-13(24)22-23(16)15(17(19,20)21)11-7-3-5-10-6-4-8-12(18)14(10)11/h3-8,15H,9H2,1-2H3,(H,22,24)/t15-/m0/s1. The lowest BCUT2D eigenvalue weighted by Crippen LogP contribution is -2.51. The van der Waals surface area contributed by atoms with Crippen molar-refractivity contribution in [2.75, 3.05) is 0 Å². The minimum atomic E-state index is -4.54. The van der Waals surface area contributed by atoms with E-state index in [4.69, 9.17) is 0 Å². The van der Waals surface area contributed by atoms with Crippen LogP contribution in [0.15, 0.2) is 40.9 Å². The maximum atomic E-state index is 14.0. The average molecular weight is 401 g/mol. The Balaban J connectivity index is 2.24. The van der Waals surface area contributed by atoms with Crippen LogP contribution in [0, 0.1) is 0 Å². The van der Waals surface area contributed by atoms with Gasteiger partial charge in [0, 0.05) is 21.8 Å². The molecule has 1 aliphatic rings. The van der Waals surface area contributed by atoms with E-state index in [9.17, 15) is 18.0 Å². The van der Waals surface area contributed by atoms with Crippen molar-refractivity contribution >= 4 is 32.6 Å². The molecule has 0 saturated carbocycles. The second-order valence-corrected chi connectivity index (χ2v) is 7.38. The lowest BCUT2D eigenvalue weighted by Gasteiger charge is -2.38. The summed E-state index contributed by atoms with van der Waals surface area (Å²) >= 11 is 3.36. The Kier molecular flexibility index (Phi) is 4.12. The Labute approximate surface area is 145 Å². The van der Waals surface area contributed by atoms with Crippen LogP contribution in [-0.2, 0) is 4.79 Å². The Morgan fingerprint density at radius 2 is 1.83 bits per heavy atom. The number of hydrazine groups is 1. The van der Waals surface area contributed by atoms with Gasteiger partial charge in [0.05, 0.1) is 0 Å². The fourth-order valence-electron chi connectivity index (χ4n) is 3.23. The first-order valence-electron chi connectivity index (χ1n) is 7.44. The summed E-state index contributed by atoms with van der Waals surface area (Å²) in [5.74, 6) is -0.409. The molecule has 0 aromatic heterocycles. The van der Waals surface area contributed by atoms with E-state index in [0.29, 0.717) is 15.2 Å². The molecule has 1 saturated heterocycles. The highest BCUT2D eigenvalue weighted by molar-refractivity contribution is 9.10. The molecule has 0 aliphatic carbocycles. The molecule has 1 amide bonds. The van der Waals surface area contributed by atoms with Gasteiger partial charge in [0.2, 0.25) is 5.91 Å². The molecule has 1 N–H and O–H groups in total. The van der Waals surface area contributed by atoms with Crippen LogP contribution in [-0.4, -0.2) is 22.6 Å². The van der Waals surface area contributed by atoms with Crippen LogP contribution in [0.3, 0.4) is 0 Å². The van der Waals surface area contributed by atoms with Crippen molar-refractivity contribution in [3.05, 3.63) is 46.4 Å². The Hall–Kier alpha value is -1.60. The summed E-state index contributed by atoms with van der Waals surface area (Å²) < 4.78 is 42.5. The van der Waals surface area contributed by atoms with E-state index in [1.165, 1.54) is 6.07 Å². The minimum Gasteiger partial charge on any atom is -0.287 e. The highest BCUT2D eigenvalue weighted by atomic mass is 79.9. The Morgan fingerprint density at radius 3 is 2.38 bits per heavy atom. The zero-order valence-electron chi connectivity index (χ0n) is 13.1. The third-order valence-electron chi connectivity index (χ3n) is 4.24. The van der Waals surface area contributed by atoms with E-state index in [1.54, 1.807) is 44.2 Å². The molecule has 0 unspecified atom stereocenters. The van der Waals surface area contributed by atoms with Crippen molar-refractivity contribution in [1.29, 1.82) is 0 Å². The lowest BCUT2D eigenvalue weighted by molar-refractivity contribution is -0.203. The van der Waals surface area contributed by atoms with Gasteiger partial charge < -0.3 is 0 Å². The van der Waals surface area contributed by atoms with Crippen molar-refractivity contribution in [2.24, 2.45) is 0 Å². The topological polar surface area (TPSA) is 32.3 Å². The number of amides is 1. The number of benzene rings is 2. The van der Waals surface area contributed by atoms with Crippen LogP contribution in [0.4, 0.5) is 13.2 Å². The molecule has 24 heavy (non-hydrogen) atoms. The van der Waals surface area contributed by atoms with Crippen molar-refractivity contribution in [3.8, 4) is 0 Å². The highest BCUT2D eigenvalue weighted by Gasteiger charge is 2.53. The zero-order valence-corrected chi connectivity index (χ0v) is 14.7. The first-order chi connectivity index (χ1) is 11.1. The molecule has 1 aliphatic heterocycles. The smallest absolute Gasteiger partial charge is 0.287 e. The molecule has 2 aromatic rings. The molecule has 2 aromatic carbocycles. The van der Waals surface area contributed by atoms with E-state index in [2.05, 4.69) is 21.4 Å². The molecule has 128 valence electrons. The van der Waals surface area contributed by atoms with Gasteiger partial charge in [0.25, 0.3) is 0 Å². The Morgan fingerprint density at radius 1 is 1.21 bits per heavy atom. The molecule has 0 bridgehead atoms. The quantitative estimate of drug-likeness (QED) is 0.790. The number of nitrogens with one attached hydrogen (secondary N) is 1. The van der Waals surface area contributed by atoms with Gasteiger partial charge in [-0.1, -0.05) is 46.3 Å². The predicted molar refractivity (Wildman–Crippen MR) is 89.1 cm³/mol. The summed E-state index contributed by atoms with van der Waals surface area (Å²) in [4.78, 5) is 11.7. The van der Waals surface area contributed by atoms with Gasteiger partial charge in [0.15, 0.2) is 6.04 Å². The third-order valence-corrected chi connectivity index (χ3v) is 4.90. The van der Waals surface area contributed by atoms with Crippen LogP contribution < -0.4 is 5.43 Å². The van der Waals surface area contributed by atoms with E-state index in [-0.39, 0.29) is 12.0 Å². The monoisotopic (exact) mass is 400 g/mol. The van der Waals surface area contributed by atoms with Crippen LogP contribution in [0.5, 0.6) is 0 Å². The van der Waals surface area contributed by atoms with Gasteiger partial charge in [-0.3, -0.25) is 10.2 Å². The summed E-state index contributed by atoms with van der Waals surface area (Å²) in [7, 11) is 0. The van der Waals surface area contributed by atoms with Gasteiger partial charge in [-0.05, 0) is 30.9 Å². The maximum absolute atomic E-state index is 14.0. The molecule has 3 rings (SSSR count). The van der Waals surface area contributed by atoms with Gasteiger partial charge in [-0.25, -0.2) is 0 Å². The molecule has 1 atom stereocenters. The predicted octanol–water partition coefficient (Wildman–Crippen LogP) is 4.72. The normalized spacial score (nSPS) is 19.5. The second kappa shape index (κ2) is 5.74. The third kappa shape index (κ3) is 2.91. The molecular formula is C17H16BrF3N2O. The van der Waals surface area contributed by atoms with Crippen molar-refractivity contribution in [3.63, 3.8) is 0 Å². The summed E-state index contributed by atoms with van der Waals surface area (Å²) in [5.41, 5.74) is 1.56. The van der Waals surface area contributed by atoms with E-state index >= 15 is 0 Å². The SMILES string of the molecule is CC1(C)CC(=O)NN1[C@@H](c1cccc2cccc(Br)c12)C(F)(F)F. The van der Waals surface area contributed by atoms with E-state index in [0.717, 1.165) is 5.01 Å². The fourth-order valence-corrected chi connectivity index (χ4v) is 3.84. The number of alkyl halides is 3. The van der Waals surface area contributed by atoms with Crippen molar-refractivity contribution < 1.29 is 18.0 Å². The van der Waals surface area contributed by atoms with Gasteiger partial charge in [-0.15, -0.1) is 0 Å². The minimum absolute atomic E-state index is 0.0194. The molecule has 3 nitrogen and oxygen atoms in total. The first-order valence-corrected chi connectivity index (χ1v) is 8.23. The summed E-state index contributed by atoms with van der Waals surface area (Å²) in [6, 6.07) is 8.17. The fraction of sp³-hybridized carbons (Fsp3) is 0.353. The number of halogens is 4. The van der Waals surface area contributed by atoms with Gasteiger partial charge >= 0.3 is 6.18 Å². The van der Waals surface area contributed by atoms with Crippen LogP contribution in [0.25, 0.3) is 10.8 Å². The van der Waals surface area contributed by atoms with Crippen LogP contribution >= 0.6 is 15.9 Å². The number of nitrogens with zero attached hydrogens (tertiary/aromatic N) is 1. The second-order valence-electron chi connectivity index (χ2n) is 6.52. The number of hydrogen-bond acceptors (Lipinski definition) is 2. The molecule has 1 heterocycles. The highest BCUT2D eigenvalue weighted by Crippen LogP contribution is 2.45. The molecule has 0 radical (unpaired) electrons. The summed E-state index contributed by atoms with van der Waals surface area (Å²) in [6.07, 6.45) is -4.52. The number of rotatable bonds is 2. The molecular weight excluding hydrogens is 385 g/mol. The van der Waals surface area contributed by atoms with Crippen molar-refractivity contribution in [2.45, 2.75) is 38.0 Å². The average Bonchev–Trinajstić information content (AvgIpc) is 2.70. The number of carbonyl (C=O) groups is 1. The lowest BCUT2D eigenvalue weighted by atomic mass is 9.94.